The lowest BCUT2D eigenvalue weighted by Gasteiger charge is -2.12. The molecular weight excluding hydrogens is 498 g/mol. The first-order valence-corrected chi connectivity index (χ1v) is 13.3. The number of ether oxygens (including phenoxy) is 1. The molecule has 0 spiro atoms. The first kappa shape index (κ1) is 25.4. The van der Waals surface area contributed by atoms with Crippen LogP contribution in [0.15, 0.2) is 69.2 Å². The fourth-order valence-electron chi connectivity index (χ4n) is 3.64. The second kappa shape index (κ2) is 10.1. The smallest absolute Gasteiger partial charge is 0.336 e. The van der Waals surface area contributed by atoms with E-state index >= 15 is 0 Å². The molecule has 10 heteroatoms. The van der Waals surface area contributed by atoms with Crippen LogP contribution in [0.3, 0.4) is 0 Å². The van der Waals surface area contributed by atoms with E-state index in [0.29, 0.717) is 27.3 Å². The van der Waals surface area contributed by atoms with Crippen molar-refractivity contribution in [2.45, 2.75) is 24.8 Å². The number of aryl methyl sites for hydroxylation is 1. The van der Waals surface area contributed by atoms with Crippen molar-refractivity contribution in [1.82, 2.24) is 13.3 Å². The number of benzene rings is 2. The third-order valence-electron chi connectivity index (χ3n) is 5.68. The molecule has 186 valence electrons. The van der Waals surface area contributed by atoms with E-state index in [0.717, 1.165) is 20.2 Å². The highest BCUT2D eigenvalue weighted by Crippen LogP contribution is 2.18. The summed E-state index contributed by atoms with van der Waals surface area (Å²) < 4.78 is 33.5. The van der Waals surface area contributed by atoms with E-state index in [4.69, 9.17) is 4.74 Å². The van der Waals surface area contributed by atoms with E-state index in [2.05, 4.69) is 11.8 Å². The predicted octanol–water partition coefficient (Wildman–Crippen LogP) is 2.73. The van der Waals surface area contributed by atoms with Crippen LogP contribution in [0.2, 0.25) is 0 Å². The second-order valence-electron chi connectivity index (χ2n) is 8.33. The molecule has 4 aromatic rings. The molecule has 0 aliphatic heterocycles. The van der Waals surface area contributed by atoms with Gasteiger partial charge in [-0.15, -0.1) is 11.3 Å². The zero-order chi connectivity index (χ0) is 26.0. The molecule has 0 amide bonds. The number of methoxy groups -OCH3 is 1. The van der Waals surface area contributed by atoms with Crippen molar-refractivity contribution < 1.29 is 13.2 Å². The second-order valence-corrected chi connectivity index (χ2v) is 11.5. The molecule has 2 aromatic carbocycles. The summed E-state index contributed by atoms with van der Waals surface area (Å²) in [4.78, 5) is 27.5. The van der Waals surface area contributed by atoms with Crippen molar-refractivity contribution >= 4 is 26.2 Å². The lowest BCUT2D eigenvalue weighted by molar-refractivity contribution is 0.414. The van der Waals surface area contributed by atoms with Crippen molar-refractivity contribution in [3.05, 3.63) is 97.1 Å². The Morgan fingerprint density at radius 2 is 1.78 bits per heavy atom. The standard InChI is InChI=1S/C26H25N3O5S2/c1-18-24(30)28(16-20-11-13-23(14-12-20)36(32,33)27(2)3)26(31)29-17-22(35-25(18)29)10-6-8-19-7-5-9-21(15-19)34-4/h5,7,9,11-15,17H,8,16H2,1-4H3. The average Bonchev–Trinajstić information content (AvgIpc) is 3.30. The summed E-state index contributed by atoms with van der Waals surface area (Å²) in [6, 6.07) is 13.8. The zero-order valence-corrected chi connectivity index (χ0v) is 21.9. The topological polar surface area (TPSA) is 90.1 Å². The van der Waals surface area contributed by atoms with Crippen LogP contribution >= 0.6 is 11.3 Å². The minimum absolute atomic E-state index is 0.0242. The summed E-state index contributed by atoms with van der Waals surface area (Å²) >= 11 is 1.30. The zero-order valence-electron chi connectivity index (χ0n) is 20.3. The molecule has 36 heavy (non-hydrogen) atoms. The fraction of sp³-hybridized carbons (Fsp3) is 0.231. The Labute approximate surface area is 213 Å². The summed E-state index contributed by atoms with van der Waals surface area (Å²) in [6.45, 7) is 1.71. The van der Waals surface area contributed by atoms with Gasteiger partial charge in [0, 0.05) is 32.3 Å². The molecule has 0 saturated heterocycles. The molecule has 0 unspecified atom stereocenters. The number of aromatic nitrogens is 2. The molecule has 2 aromatic heterocycles. The first-order valence-electron chi connectivity index (χ1n) is 11.0. The highest BCUT2D eigenvalue weighted by molar-refractivity contribution is 7.89. The summed E-state index contributed by atoms with van der Waals surface area (Å²) in [5.41, 5.74) is 1.25. The van der Waals surface area contributed by atoms with Gasteiger partial charge in [0.25, 0.3) is 5.56 Å². The van der Waals surface area contributed by atoms with Crippen molar-refractivity contribution in [2.24, 2.45) is 0 Å². The summed E-state index contributed by atoms with van der Waals surface area (Å²) in [6.07, 6.45) is 2.17. The third-order valence-corrected chi connectivity index (χ3v) is 8.63. The SMILES string of the molecule is COc1cccc(CC#Cc2cn3c(=O)n(Cc4ccc(S(=O)(=O)N(C)C)cc4)c(=O)c(C)c3s2)c1. The van der Waals surface area contributed by atoms with Gasteiger partial charge in [-0.3, -0.25) is 13.8 Å². The Kier molecular flexibility index (Phi) is 7.17. The monoisotopic (exact) mass is 523 g/mol. The summed E-state index contributed by atoms with van der Waals surface area (Å²) in [5.74, 6) is 6.97. The summed E-state index contributed by atoms with van der Waals surface area (Å²) in [5, 5.41) is 0. The highest BCUT2D eigenvalue weighted by atomic mass is 32.2. The average molecular weight is 524 g/mol. The molecule has 0 aliphatic carbocycles. The van der Waals surface area contributed by atoms with Gasteiger partial charge >= 0.3 is 5.69 Å². The maximum atomic E-state index is 13.2. The van der Waals surface area contributed by atoms with Crippen molar-refractivity contribution in [3.63, 3.8) is 0 Å². The molecule has 0 aliphatic rings. The highest BCUT2D eigenvalue weighted by Gasteiger charge is 2.18. The molecular formula is C26H25N3O5S2. The van der Waals surface area contributed by atoms with E-state index in [1.807, 2.05) is 24.3 Å². The van der Waals surface area contributed by atoms with E-state index in [1.165, 1.54) is 42.0 Å². The van der Waals surface area contributed by atoms with Crippen LogP contribution in [-0.2, 0) is 23.0 Å². The third kappa shape index (κ3) is 4.99. The minimum atomic E-state index is -3.56. The summed E-state index contributed by atoms with van der Waals surface area (Å²) in [7, 11) is 0.968. The van der Waals surface area contributed by atoms with E-state index in [-0.39, 0.29) is 17.0 Å². The number of rotatable bonds is 6. The number of nitrogens with zero attached hydrogens (tertiary/aromatic N) is 3. The molecule has 0 radical (unpaired) electrons. The molecule has 0 fully saturated rings. The molecule has 0 bridgehead atoms. The van der Waals surface area contributed by atoms with E-state index < -0.39 is 15.7 Å². The number of hydrogen-bond donors (Lipinski definition) is 0. The van der Waals surface area contributed by atoms with Gasteiger partial charge in [0.15, 0.2) is 0 Å². The Morgan fingerprint density at radius 3 is 2.44 bits per heavy atom. The largest absolute Gasteiger partial charge is 0.497 e. The lowest BCUT2D eigenvalue weighted by atomic mass is 10.1. The van der Waals surface area contributed by atoms with Crippen LogP contribution in [0.4, 0.5) is 0 Å². The first-order chi connectivity index (χ1) is 17.1. The van der Waals surface area contributed by atoms with E-state index in [9.17, 15) is 18.0 Å². The minimum Gasteiger partial charge on any atom is -0.497 e. The molecule has 2 heterocycles. The van der Waals surface area contributed by atoms with Crippen LogP contribution < -0.4 is 16.0 Å². The maximum absolute atomic E-state index is 13.2. The van der Waals surface area contributed by atoms with E-state index in [1.54, 1.807) is 32.4 Å². The van der Waals surface area contributed by atoms with Crippen LogP contribution in [0.5, 0.6) is 5.75 Å². The fourth-order valence-corrected chi connectivity index (χ4v) is 5.50. The molecule has 0 atom stereocenters. The predicted molar refractivity (Wildman–Crippen MR) is 141 cm³/mol. The molecule has 8 nitrogen and oxygen atoms in total. The van der Waals surface area contributed by atoms with Gasteiger partial charge in [0.1, 0.15) is 10.6 Å². The van der Waals surface area contributed by atoms with Gasteiger partial charge in [-0.25, -0.2) is 17.5 Å². The van der Waals surface area contributed by atoms with Crippen LogP contribution in [0.25, 0.3) is 4.83 Å². The van der Waals surface area contributed by atoms with Gasteiger partial charge in [-0.1, -0.05) is 36.1 Å². The Balaban J connectivity index is 1.63. The van der Waals surface area contributed by atoms with Crippen LogP contribution in [0, 0.1) is 18.8 Å². The quantitative estimate of drug-likeness (QED) is 0.363. The Hall–Kier alpha value is -3.65. The Bertz CT molecular complexity index is 1720. The number of thiazole rings is 1. The normalized spacial score (nSPS) is 11.5. The number of hydrogen-bond acceptors (Lipinski definition) is 6. The molecule has 0 saturated carbocycles. The van der Waals surface area contributed by atoms with Gasteiger partial charge in [0.2, 0.25) is 10.0 Å². The van der Waals surface area contributed by atoms with Gasteiger partial charge in [0.05, 0.1) is 23.4 Å². The van der Waals surface area contributed by atoms with Gasteiger partial charge < -0.3 is 4.74 Å². The molecule has 4 rings (SSSR count). The van der Waals surface area contributed by atoms with Gasteiger partial charge in [-0.05, 0) is 42.3 Å². The van der Waals surface area contributed by atoms with Gasteiger partial charge in [-0.2, -0.15) is 0 Å². The van der Waals surface area contributed by atoms with Crippen LogP contribution in [0.1, 0.15) is 21.6 Å². The Morgan fingerprint density at radius 1 is 1.06 bits per heavy atom. The van der Waals surface area contributed by atoms with Crippen molar-refractivity contribution in [3.8, 4) is 17.6 Å². The number of sulfonamides is 1. The number of fused-ring (bicyclic) bond motifs is 1. The maximum Gasteiger partial charge on any atom is 0.336 e. The van der Waals surface area contributed by atoms with Crippen molar-refractivity contribution in [1.29, 1.82) is 0 Å². The van der Waals surface area contributed by atoms with Crippen molar-refractivity contribution in [2.75, 3.05) is 21.2 Å². The molecule has 0 N–H and O–H groups in total. The van der Waals surface area contributed by atoms with Crippen LogP contribution in [-0.4, -0.2) is 42.9 Å². The lowest BCUT2D eigenvalue weighted by Crippen LogP contribution is -2.38.